The zero-order chi connectivity index (χ0) is 20.9. The standard InChI is InChI=1S/C19H29N6O3P/c20-8-4-10-23-18(27)19(21,25-29(28)16-7-3-9-22-17(16)26)11-13-12-24-15-6-2-1-5-14(13)15/h1-2,5-6,12,16,24,29H,3-4,7-11,20-21H2,(H,22,26)(H,23,27)(H,25,28)/t16-,19?/m0/s1. The number of benzene rings is 1. The molecule has 10 heteroatoms. The fraction of sp³-hybridized carbons (Fsp3) is 0.474. The maximum absolute atomic E-state index is 13.0. The first kappa shape index (κ1) is 21.5. The third-order valence-electron chi connectivity index (χ3n) is 5.16. The number of fused-ring (bicyclic) bond motifs is 1. The third-order valence-corrected chi connectivity index (χ3v) is 7.04. The van der Waals surface area contributed by atoms with E-state index < -0.39 is 25.2 Å². The number of carbonyl (C=O) groups is 2. The molecular formula is C19H29N6O3P. The second kappa shape index (κ2) is 9.54. The molecule has 1 fully saturated rings. The topological polar surface area (TPSA) is 155 Å². The molecule has 2 aromatic rings. The first-order valence-corrected chi connectivity index (χ1v) is 11.3. The van der Waals surface area contributed by atoms with Gasteiger partial charge in [-0.1, -0.05) is 18.2 Å². The van der Waals surface area contributed by atoms with E-state index in [1.807, 2.05) is 24.3 Å². The third kappa shape index (κ3) is 5.05. The van der Waals surface area contributed by atoms with Crippen LogP contribution >= 0.6 is 7.95 Å². The van der Waals surface area contributed by atoms with Gasteiger partial charge in [-0.05, 0) is 37.4 Å². The summed E-state index contributed by atoms with van der Waals surface area (Å²) in [6, 6.07) is 7.69. The molecule has 158 valence electrons. The highest BCUT2D eigenvalue weighted by Crippen LogP contribution is 2.32. The number of carbonyl (C=O) groups excluding carboxylic acids is 2. The zero-order valence-electron chi connectivity index (χ0n) is 16.3. The van der Waals surface area contributed by atoms with Gasteiger partial charge in [-0.3, -0.25) is 9.59 Å². The van der Waals surface area contributed by atoms with Gasteiger partial charge < -0.3 is 31.6 Å². The number of amides is 2. The van der Waals surface area contributed by atoms with Crippen LogP contribution < -0.4 is 27.2 Å². The van der Waals surface area contributed by atoms with Gasteiger partial charge >= 0.3 is 0 Å². The van der Waals surface area contributed by atoms with E-state index in [2.05, 4.69) is 20.7 Å². The van der Waals surface area contributed by atoms with E-state index >= 15 is 0 Å². The maximum atomic E-state index is 13.0. The van der Waals surface area contributed by atoms with Crippen molar-refractivity contribution in [1.29, 1.82) is 0 Å². The van der Waals surface area contributed by atoms with Crippen LogP contribution in [0.15, 0.2) is 30.5 Å². The highest BCUT2D eigenvalue weighted by Gasteiger charge is 2.39. The van der Waals surface area contributed by atoms with Crippen molar-refractivity contribution in [1.82, 2.24) is 20.7 Å². The van der Waals surface area contributed by atoms with E-state index in [0.717, 1.165) is 22.9 Å². The molecule has 2 amide bonds. The van der Waals surface area contributed by atoms with E-state index in [4.69, 9.17) is 11.5 Å². The first-order chi connectivity index (χ1) is 13.9. The van der Waals surface area contributed by atoms with E-state index in [1.165, 1.54) is 0 Å². The van der Waals surface area contributed by atoms with Gasteiger partial charge in [0.05, 0.1) is 0 Å². The fourth-order valence-electron chi connectivity index (χ4n) is 3.55. The predicted molar refractivity (Wildman–Crippen MR) is 114 cm³/mol. The SMILES string of the molecule is NCCCNC(=O)C(N)(Cc1c[nH]c2ccccc12)N[PH](=O)[C@H]1CCCNC1=O. The smallest absolute Gasteiger partial charge is 0.255 e. The lowest BCUT2D eigenvalue weighted by atomic mass is 10.00. The minimum atomic E-state index is -2.66. The monoisotopic (exact) mass is 420 g/mol. The number of aromatic amines is 1. The molecule has 3 rings (SSSR count). The molecule has 0 radical (unpaired) electrons. The molecule has 1 aliphatic heterocycles. The van der Waals surface area contributed by atoms with Crippen molar-refractivity contribution in [3.63, 3.8) is 0 Å². The van der Waals surface area contributed by atoms with Gasteiger partial charge in [0.2, 0.25) is 5.91 Å². The Hall–Kier alpha value is -2.19. The molecule has 0 aliphatic carbocycles. The van der Waals surface area contributed by atoms with Gasteiger partial charge in [-0.2, -0.15) is 0 Å². The average Bonchev–Trinajstić information content (AvgIpc) is 3.11. The van der Waals surface area contributed by atoms with Gasteiger partial charge in [0.1, 0.15) is 13.6 Å². The summed E-state index contributed by atoms with van der Waals surface area (Å²) in [5, 5.41) is 9.26. The van der Waals surface area contributed by atoms with E-state index in [0.29, 0.717) is 32.5 Å². The van der Waals surface area contributed by atoms with Crippen molar-refractivity contribution < 1.29 is 14.2 Å². The summed E-state index contributed by atoms with van der Waals surface area (Å²) in [6.45, 7) is 1.38. The summed E-state index contributed by atoms with van der Waals surface area (Å²) in [5.41, 5.74) is 11.4. The number of nitrogens with two attached hydrogens (primary N) is 2. The van der Waals surface area contributed by atoms with Crippen LogP contribution in [-0.2, 0) is 20.6 Å². The number of H-pyrrole nitrogens is 1. The molecule has 9 nitrogen and oxygen atoms in total. The lowest BCUT2D eigenvalue weighted by Gasteiger charge is -2.32. The first-order valence-electron chi connectivity index (χ1n) is 9.86. The molecule has 3 atom stereocenters. The summed E-state index contributed by atoms with van der Waals surface area (Å²) in [7, 11) is -2.66. The number of para-hydroxylation sites is 1. The molecule has 1 aromatic heterocycles. The van der Waals surface area contributed by atoms with Crippen LogP contribution in [0.1, 0.15) is 24.8 Å². The van der Waals surface area contributed by atoms with Gasteiger partial charge in [-0.25, -0.2) is 5.09 Å². The molecule has 0 spiro atoms. The Balaban J connectivity index is 1.83. The molecule has 1 aliphatic rings. The Morgan fingerprint density at radius 1 is 1.34 bits per heavy atom. The van der Waals surface area contributed by atoms with Crippen LogP contribution in [0.2, 0.25) is 0 Å². The molecule has 0 bridgehead atoms. The van der Waals surface area contributed by atoms with Crippen LogP contribution in [0.5, 0.6) is 0 Å². The Bertz CT molecular complexity index is 901. The van der Waals surface area contributed by atoms with Crippen LogP contribution in [0.25, 0.3) is 10.9 Å². The second-order valence-corrected chi connectivity index (χ2v) is 9.06. The van der Waals surface area contributed by atoms with Crippen molar-refractivity contribution in [3.8, 4) is 0 Å². The number of piperidine rings is 1. The number of hydrogen-bond donors (Lipinski definition) is 6. The van der Waals surface area contributed by atoms with Crippen LogP contribution in [-0.4, -0.2) is 47.8 Å². The number of nitrogens with one attached hydrogen (secondary N) is 4. The lowest BCUT2D eigenvalue weighted by molar-refractivity contribution is -0.127. The minimum Gasteiger partial charge on any atom is -0.361 e. The lowest BCUT2D eigenvalue weighted by Crippen LogP contribution is -2.63. The predicted octanol–water partition coefficient (Wildman–Crippen LogP) is 0.173. The normalized spacial score (nSPS) is 20.1. The molecule has 29 heavy (non-hydrogen) atoms. The van der Waals surface area contributed by atoms with E-state index in [-0.39, 0.29) is 12.3 Å². The molecule has 2 heterocycles. The van der Waals surface area contributed by atoms with Gasteiger partial charge in [0.15, 0.2) is 5.66 Å². The van der Waals surface area contributed by atoms with Crippen molar-refractivity contribution >= 4 is 30.7 Å². The van der Waals surface area contributed by atoms with Gasteiger partial charge in [-0.15, -0.1) is 0 Å². The summed E-state index contributed by atoms with van der Waals surface area (Å²) in [4.78, 5) is 28.2. The molecule has 8 N–H and O–H groups in total. The highest BCUT2D eigenvalue weighted by molar-refractivity contribution is 7.44. The molecule has 1 saturated heterocycles. The molecular weight excluding hydrogens is 391 g/mol. The molecule has 2 unspecified atom stereocenters. The summed E-state index contributed by atoms with van der Waals surface area (Å²) >= 11 is 0. The van der Waals surface area contributed by atoms with E-state index in [1.54, 1.807) is 6.20 Å². The van der Waals surface area contributed by atoms with Crippen LogP contribution in [0.4, 0.5) is 0 Å². The largest absolute Gasteiger partial charge is 0.361 e. The van der Waals surface area contributed by atoms with Crippen molar-refractivity contribution in [3.05, 3.63) is 36.0 Å². The van der Waals surface area contributed by atoms with Crippen LogP contribution in [0, 0.1) is 0 Å². The number of aromatic nitrogens is 1. The zero-order valence-corrected chi connectivity index (χ0v) is 17.3. The highest BCUT2D eigenvalue weighted by atomic mass is 31.1. The Labute approximate surface area is 170 Å². The Morgan fingerprint density at radius 3 is 2.90 bits per heavy atom. The summed E-state index contributed by atoms with van der Waals surface area (Å²) < 4.78 is 13.0. The van der Waals surface area contributed by atoms with Crippen molar-refractivity contribution in [2.45, 2.75) is 37.0 Å². The Kier molecular flexibility index (Phi) is 7.08. The van der Waals surface area contributed by atoms with Gasteiger partial charge in [0, 0.05) is 36.6 Å². The maximum Gasteiger partial charge on any atom is 0.255 e. The summed E-state index contributed by atoms with van der Waals surface area (Å²) in [5.74, 6) is -0.726. The summed E-state index contributed by atoms with van der Waals surface area (Å²) in [6.07, 6.45) is 3.78. The second-order valence-electron chi connectivity index (χ2n) is 7.38. The van der Waals surface area contributed by atoms with Crippen molar-refractivity contribution in [2.24, 2.45) is 11.5 Å². The quantitative estimate of drug-likeness (QED) is 0.193. The van der Waals surface area contributed by atoms with Crippen molar-refractivity contribution in [2.75, 3.05) is 19.6 Å². The minimum absolute atomic E-state index is 0.121. The fourth-order valence-corrected chi connectivity index (χ4v) is 5.17. The molecule has 0 saturated carbocycles. The van der Waals surface area contributed by atoms with Crippen LogP contribution in [0.3, 0.4) is 0 Å². The average molecular weight is 420 g/mol. The molecule has 1 aromatic carbocycles. The van der Waals surface area contributed by atoms with E-state index in [9.17, 15) is 14.2 Å². The number of rotatable bonds is 9. The van der Waals surface area contributed by atoms with Gasteiger partial charge in [0.25, 0.3) is 5.91 Å². The number of hydrogen-bond acceptors (Lipinski definition) is 5. The Morgan fingerprint density at radius 2 is 2.14 bits per heavy atom.